The highest BCUT2D eigenvalue weighted by Gasteiger charge is 2.17. The van der Waals surface area contributed by atoms with Gasteiger partial charge >= 0.3 is 0 Å². The van der Waals surface area contributed by atoms with Crippen molar-refractivity contribution in [2.75, 3.05) is 5.32 Å². The molecule has 158 valence electrons. The van der Waals surface area contributed by atoms with Crippen LogP contribution in [0, 0.1) is 0 Å². The number of nitrogens with one attached hydrogen (secondary N) is 1. The SMILES string of the molecule is CCc1ccc(-n2nc3ccc(NC(=O)[C@H](C)Oc4ccc(Cl)cc4Cl)cc3n2)cc1. The minimum absolute atomic E-state index is 0.312. The first-order chi connectivity index (χ1) is 14.9. The summed E-state index contributed by atoms with van der Waals surface area (Å²) in [6.45, 7) is 3.76. The Bertz CT molecular complexity index is 1240. The number of aryl methyl sites for hydroxylation is 1. The van der Waals surface area contributed by atoms with E-state index in [4.69, 9.17) is 27.9 Å². The van der Waals surface area contributed by atoms with Crippen LogP contribution in [0.1, 0.15) is 19.4 Å². The van der Waals surface area contributed by atoms with Crippen LogP contribution in [0.5, 0.6) is 5.75 Å². The average Bonchev–Trinajstić information content (AvgIpc) is 3.19. The van der Waals surface area contributed by atoms with Crippen LogP contribution in [-0.2, 0) is 11.2 Å². The van der Waals surface area contributed by atoms with E-state index in [0.29, 0.717) is 27.0 Å². The summed E-state index contributed by atoms with van der Waals surface area (Å²) in [5.41, 5.74) is 4.13. The number of nitrogens with zero attached hydrogens (tertiary/aromatic N) is 3. The van der Waals surface area contributed by atoms with Crippen LogP contribution >= 0.6 is 23.2 Å². The van der Waals surface area contributed by atoms with Gasteiger partial charge in [0.05, 0.1) is 10.7 Å². The molecule has 4 rings (SSSR count). The highest BCUT2D eigenvalue weighted by atomic mass is 35.5. The summed E-state index contributed by atoms with van der Waals surface area (Å²) in [4.78, 5) is 14.2. The Balaban J connectivity index is 1.48. The van der Waals surface area contributed by atoms with Crippen LogP contribution in [0.25, 0.3) is 16.7 Å². The molecular weight excluding hydrogens is 435 g/mol. The first kappa shape index (κ1) is 21.2. The van der Waals surface area contributed by atoms with E-state index in [2.05, 4.69) is 34.6 Å². The molecule has 0 aliphatic heterocycles. The van der Waals surface area contributed by atoms with Crippen molar-refractivity contribution >= 4 is 45.8 Å². The number of amides is 1. The van der Waals surface area contributed by atoms with Crippen molar-refractivity contribution in [3.05, 3.63) is 76.3 Å². The van der Waals surface area contributed by atoms with Crippen LogP contribution in [0.2, 0.25) is 10.0 Å². The Kier molecular flexibility index (Phi) is 6.11. The molecule has 0 bridgehead atoms. The Labute approximate surface area is 189 Å². The molecule has 0 saturated carbocycles. The fourth-order valence-corrected chi connectivity index (χ4v) is 3.48. The molecule has 1 aromatic heterocycles. The third-order valence-corrected chi connectivity index (χ3v) is 5.32. The summed E-state index contributed by atoms with van der Waals surface area (Å²) in [5, 5.41) is 12.7. The first-order valence-corrected chi connectivity index (χ1v) is 10.6. The number of hydrogen-bond acceptors (Lipinski definition) is 4. The summed E-state index contributed by atoms with van der Waals surface area (Å²) in [7, 11) is 0. The van der Waals surface area contributed by atoms with Crippen molar-refractivity contribution in [2.45, 2.75) is 26.4 Å². The van der Waals surface area contributed by atoms with Gasteiger partial charge in [-0.15, -0.1) is 10.2 Å². The average molecular weight is 455 g/mol. The van der Waals surface area contributed by atoms with Gasteiger partial charge < -0.3 is 10.1 Å². The van der Waals surface area contributed by atoms with Gasteiger partial charge in [0.25, 0.3) is 5.91 Å². The summed E-state index contributed by atoms with van der Waals surface area (Å²) >= 11 is 12.0. The Hall–Kier alpha value is -3.09. The van der Waals surface area contributed by atoms with Gasteiger partial charge in [-0.2, -0.15) is 4.80 Å². The minimum Gasteiger partial charge on any atom is -0.479 e. The van der Waals surface area contributed by atoms with E-state index in [-0.39, 0.29) is 5.91 Å². The summed E-state index contributed by atoms with van der Waals surface area (Å²) < 4.78 is 5.67. The molecule has 1 amide bonds. The van der Waals surface area contributed by atoms with Crippen molar-refractivity contribution in [3.63, 3.8) is 0 Å². The van der Waals surface area contributed by atoms with Crippen LogP contribution in [0.4, 0.5) is 5.69 Å². The summed E-state index contributed by atoms with van der Waals surface area (Å²) in [5.74, 6) is 0.0779. The molecule has 8 heteroatoms. The van der Waals surface area contributed by atoms with E-state index >= 15 is 0 Å². The largest absolute Gasteiger partial charge is 0.479 e. The van der Waals surface area contributed by atoms with E-state index < -0.39 is 6.10 Å². The van der Waals surface area contributed by atoms with E-state index in [1.54, 1.807) is 42.1 Å². The molecule has 0 fully saturated rings. The number of benzene rings is 3. The summed E-state index contributed by atoms with van der Waals surface area (Å²) in [6, 6.07) is 18.3. The first-order valence-electron chi connectivity index (χ1n) is 9.82. The van der Waals surface area contributed by atoms with Crippen molar-refractivity contribution in [1.29, 1.82) is 0 Å². The molecule has 0 saturated heterocycles. The smallest absolute Gasteiger partial charge is 0.265 e. The molecule has 0 spiro atoms. The second-order valence-electron chi connectivity index (χ2n) is 7.04. The van der Waals surface area contributed by atoms with Gasteiger partial charge in [-0.25, -0.2) is 0 Å². The lowest BCUT2D eigenvalue weighted by Gasteiger charge is -2.15. The second-order valence-corrected chi connectivity index (χ2v) is 7.88. The molecule has 31 heavy (non-hydrogen) atoms. The lowest BCUT2D eigenvalue weighted by atomic mass is 10.2. The maximum Gasteiger partial charge on any atom is 0.265 e. The molecule has 1 atom stereocenters. The monoisotopic (exact) mass is 454 g/mol. The number of anilines is 1. The van der Waals surface area contributed by atoms with Gasteiger partial charge in [0.2, 0.25) is 0 Å². The second kappa shape index (κ2) is 8.96. The summed E-state index contributed by atoms with van der Waals surface area (Å²) in [6.07, 6.45) is 0.214. The van der Waals surface area contributed by atoms with Gasteiger partial charge in [-0.05, 0) is 67.4 Å². The van der Waals surface area contributed by atoms with Crippen molar-refractivity contribution in [3.8, 4) is 11.4 Å². The van der Waals surface area contributed by atoms with Crippen LogP contribution in [-0.4, -0.2) is 27.0 Å². The zero-order chi connectivity index (χ0) is 22.0. The molecule has 0 unspecified atom stereocenters. The number of ether oxygens (including phenoxy) is 1. The number of carbonyl (C=O) groups excluding carboxylic acids is 1. The third-order valence-electron chi connectivity index (χ3n) is 4.79. The third kappa shape index (κ3) is 4.81. The maximum atomic E-state index is 12.6. The fourth-order valence-electron chi connectivity index (χ4n) is 3.03. The van der Waals surface area contributed by atoms with E-state index in [9.17, 15) is 4.79 Å². The van der Waals surface area contributed by atoms with Crippen LogP contribution < -0.4 is 10.1 Å². The molecule has 1 N–H and O–H groups in total. The highest BCUT2D eigenvalue weighted by Crippen LogP contribution is 2.28. The van der Waals surface area contributed by atoms with Gasteiger partial charge in [0.15, 0.2) is 6.10 Å². The Morgan fingerprint density at radius 3 is 2.48 bits per heavy atom. The van der Waals surface area contributed by atoms with E-state index in [1.165, 1.54) is 5.56 Å². The number of rotatable bonds is 6. The predicted octanol–water partition coefficient (Wildman–Crippen LogP) is 5.70. The number of halogens is 2. The minimum atomic E-state index is -0.762. The van der Waals surface area contributed by atoms with E-state index in [0.717, 1.165) is 17.6 Å². The van der Waals surface area contributed by atoms with Crippen LogP contribution in [0.3, 0.4) is 0 Å². The molecule has 6 nitrogen and oxygen atoms in total. The molecule has 3 aromatic carbocycles. The Morgan fingerprint density at radius 2 is 1.77 bits per heavy atom. The fraction of sp³-hybridized carbons (Fsp3) is 0.174. The zero-order valence-corrected chi connectivity index (χ0v) is 18.5. The van der Waals surface area contributed by atoms with Crippen molar-refractivity contribution in [2.24, 2.45) is 0 Å². The van der Waals surface area contributed by atoms with Gasteiger partial charge in [-0.3, -0.25) is 4.79 Å². The number of aromatic nitrogens is 3. The highest BCUT2D eigenvalue weighted by molar-refractivity contribution is 6.35. The van der Waals surface area contributed by atoms with Gasteiger partial charge in [-0.1, -0.05) is 42.3 Å². The molecule has 0 radical (unpaired) electrons. The van der Waals surface area contributed by atoms with Gasteiger partial charge in [0, 0.05) is 10.7 Å². The molecule has 4 aromatic rings. The number of fused-ring (bicyclic) bond motifs is 1. The number of hydrogen-bond donors (Lipinski definition) is 1. The number of carbonyl (C=O) groups is 1. The van der Waals surface area contributed by atoms with Crippen molar-refractivity contribution in [1.82, 2.24) is 15.0 Å². The van der Waals surface area contributed by atoms with Gasteiger partial charge in [0.1, 0.15) is 16.8 Å². The zero-order valence-electron chi connectivity index (χ0n) is 17.0. The topological polar surface area (TPSA) is 69.0 Å². The molecule has 1 heterocycles. The maximum absolute atomic E-state index is 12.6. The standard InChI is InChI=1S/C23H20Cl2N4O2/c1-3-15-4-8-18(9-5-15)29-27-20-10-7-17(13-21(20)28-29)26-23(30)14(2)31-22-11-6-16(24)12-19(22)25/h4-14H,3H2,1-2H3,(H,26,30)/t14-/m0/s1. The molecule has 0 aliphatic carbocycles. The quantitative estimate of drug-likeness (QED) is 0.405. The lowest BCUT2D eigenvalue weighted by Crippen LogP contribution is -2.30. The van der Waals surface area contributed by atoms with E-state index in [1.807, 2.05) is 18.2 Å². The molecule has 0 aliphatic rings. The van der Waals surface area contributed by atoms with Crippen LogP contribution in [0.15, 0.2) is 60.7 Å². The predicted molar refractivity (Wildman–Crippen MR) is 123 cm³/mol. The lowest BCUT2D eigenvalue weighted by molar-refractivity contribution is -0.122. The Morgan fingerprint density at radius 1 is 1.03 bits per heavy atom. The normalized spacial score (nSPS) is 12.0. The van der Waals surface area contributed by atoms with Crippen molar-refractivity contribution < 1.29 is 9.53 Å². The molecular formula is C23H20Cl2N4O2.